The number of hydrogen-bond donors (Lipinski definition) is 2. The van der Waals surface area contributed by atoms with Crippen molar-refractivity contribution in [3.8, 4) is 0 Å². The molecule has 0 saturated carbocycles. The topological polar surface area (TPSA) is 118 Å². The van der Waals surface area contributed by atoms with E-state index in [0.717, 1.165) is 6.26 Å². The molecule has 7 nitrogen and oxygen atoms in total. The molecule has 0 radical (unpaired) electrons. The summed E-state index contributed by atoms with van der Waals surface area (Å²) >= 11 is 0. The predicted molar refractivity (Wildman–Crippen MR) is 73.3 cm³/mol. The Labute approximate surface area is 117 Å². The lowest BCUT2D eigenvalue weighted by molar-refractivity contribution is -0.138. The summed E-state index contributed by atoms with van der Waals surface area (Å²) in [6.45, 7) is 0. The van der Waals surface area contributed by atoms with Gasteiger partial charge in [0.15, 0.2) is 0 Å². The zero-order chi connectivity index (χ0) is 15.4. The Hall–Kier alpha value is -1.45. The number of aliphatic carboxylic acids is 1. The summed E-state index contributed by atoms with van der Waals surface area (Å²) in [5.74, 6) is -2.75. The fourth-order valence-electron chi connectivity index (χ4n) is 1.51. The molecule has 0 aliphatic heterocycles. The summed E-state index contributed by atoms with van der Waals surface area (Å²) in [6, 6.07) is 6.47. The van der Waals surface area contributed by atoms with E-state index in [4.69, 9.17) is 5.11 Å². The Kier molecular flexibility index (Phi) is 5.26. The van der Waals surface area contributed by atoms with Crippen LogP contribution < -0.4 is 4.72 Å². The second-order valence-corrected chi connectivity index (χ2v) is 8.28. The van der Waals surface area contributed by atoms with Gasteiger partial charge in [-0.1, -0.05) is 30.3 Å². The van der Waals surface area contributed by atoms with E-state index in [9.17, 15) is 21.6 Å². The number of nitrogens with one attached hydrogen (secondary N) is 1. The zero-order valence-corrected chi connectivity index (χ0v) is 12.3. The van der Waals surface area contributed by atoms with Gasteiger partial charge in [0.05, 0.1) is 11.5 Å². The minimum atomic E-state index is -3.95. The van der Waals surface area contributed by atoms with Gasteiger partial charge in [-0.2, -0.15) is 4.72 Å². The average Bonchev–Trinajstić information content (AvgIpc) is 2.26. The fraction of sp³-hybridized carbons (Fsp3) is 0.364. The van der Waals surface area contributed by atoms with Crippen molar-refractivity contribution in [3.63, 3.8) is 0 Å². The van der Waals surface area contributed by atoms with E-state index in [2.05, 4.69) is 0 Å². The Balaban J connectivity index is 2.84. The predicted octanol–water partition coefficient (Wildman–Crippen LogP) is -0.396. The molecule has 1 atom stereocenters. The minimum absolute atomic E-state index is 0.415. The maximum absolute atomic E-state index is 11.8. The van der Waals surface area contributed by atoms with Crippen molar-refractivity contribution in [3.05, 3.63) is 35.9 Å². The molecule has 0 bridgehead atoms. The Bertz CT molecular complexity index is 666. The van der Waals surface area contributed by atoms with E-state index in [1.54, 1.807) is 30.3 Å². The van der Waals surface area contributed by atoms with Gasteiger partial charge in [-0.05, 0) is 5.56 Å². The van der Waals surface area contributed by atoms with E-state index < -0.39 is 43.4 Å². The van der Waals surface area contributed by atoms with Crippen LogP contribution in [-0.4, -0.2) is 46.0 Å². The van der Waals surface area contributed by atoms with Crippen molar-refractivity contribution in [2.75, 3.05) is 12.0 Å². The molecule has 0 aromatic heterocycles. The third-order valence-corrected chi connectivity index (χ3v) is 4.58. The number of carboxylic acids is 1. The molecule has 9 heteroatoms. The second-order valence-electron chi connectivity index (χ2n) is 4.35. The molecule has 0 saturated heterocycles. The van der Waals surface area contributed by atoms with Crippen molar-refractivity contribution in [2.45, 2.75) is 11.8 Å². The standard InChI is InChI=1S/C11H15NO6S2/c1-19(15,16)8-10(11(13)14)12-20(17,18)7-9-5-3-2-4-6-9/h2-6,10,12H,7-8H2,1H3,(H,13,14)/t10-/m0/s1. The number of sulfone groups is 1. The first-order chi connectivity index (χ1) is 9.09. The summed E-state index contributed by atoms with van der Waals surface area (Å²) in [4.78, 5) is 10.9. The lowest BCUT2D eigenvalue weighted by Gasteiger charge is -2.13. The van der Waals surface area contributed by atoms with Crippen molar-refractivity contribution in [1.29, 1.82) is 0 Å². The number of carbonyl (C=O) groups is 1. The first-order valence-electron chi connectivity index (χ1n) is 5.53. The summed E-state index contributed by atoms with van der Waals surface area (Å²) in [6.07, 6.45) is 0.842. The molecule has 0 unspecified atom stereocenters. The molecule has 2 N–H and O–H groups in total. The Morgan fingerprint density at radius 1 is 1.20 bits per heavy atom. The molecule has 0 fully saturated rings. The number of benzene rings is 1. The van der Waals surface area contributed by atoms with Gasteiger partial charge in [-0.25, -0.2) is 16.8 Å². The third-order valence-electron chi connectivity index (χ3n) is 2.29. The van der Waals surface area contributed by atoms with Crippen LogP contribution in [-0.2, 0) is 30.4 Å². The molecular formula is C11H15NO6S2. The third kappa shape index (κ3) is 6.13. The number of hydrogen-bond acceptors (Lipinski definition) is 5. The maximum atomic E-state index is 11.8. The van der Waals surface area contributed by atoms with Crippen molar-refractivity contribution >= 4 is 25.8 Å². The van der Waals surface area contributed by atoms with Crippen LogP contribution in [0.15, 0.2) is 30.3 Å². The average molecular weight is 321 g/mol. The molecular weight excluding hydrogens is 306 g/mol. The van der Waals surface area contributed by atoms with Crippen LogP contribution in [0.4, 0.5) is 0 Å². The summed E-state index contributed by atoms with van der Waals surface area (Å²) in [5.41, 5.74) is 0.475. The van der Waals surface area contributed by atoms with Crippen molar-refractivity contribution in [2.24, 2.45) is 0 Å². The molecule has 0 amide bonds. The smallest absolute Gasteiger partial charge is 0.322 e. The molecule has 1 aromatic rings. The van der Waals surface area contributed by atoms with E-state index in [1.165, 1.54) is 0 Å². The first kappa shape index (κ1) is 16.6. The minimum Gasteiger partial charge on any atom is -0.480 e. The Morgan fingerprint density at radius 2 is 1.75 bits per heavy atom. The van der Waals surface area contributed by atoms with Crippen LogP contribution in [0.2, 0.25) is 0 Å². The van der Waals surface area contributed by atoms with Crippen LogP contribution in [0.3, 0.4) is 0 Å². The monoisotopic (exact) mass is 321 g/mol. The van der Waals surface area contributed by atoms with E-state index in [-0.39, 0.29) is 0 Å². The van der Waals surface area contributed by atoms with Crippen molar-refractivity contribution in [1.82, 2.24) is 4.72 Å². The zero-order valence-electron chi connectivity index (χ0n) is 10.7. The molecule has 1 aromatic carbocycles. The fourth-order valence-corrected chi connectivity index (χ4v) is 3.78. The van der Waals surface area contributed by atoms with Crippen LogP contribution >= 0.6 is 0 Å². The molecule has 0 spiro atoms. The summed E-state index contributed by atoms with van der Waals surface area (Å²) in [7, 11) is -7.57. The SMILES string of the molecule is CS(=O)(=O)C[C@H](NS(=O)(=O)Cc1ccccc1)C(=O)O. The molecule has 0 aliphatic rings. The van der Waals surface area contributed by atoms with Crippen LogP contribution in [0, 0.1) is 0 Å². The molecule has 0 aliphatic carbocycles. The van der Waals surface area contributed by atoms with Crippen LogP contribution in [0.25, 0.3) is 0 Å². The van der Waals surface area contributed by atoms with Gasteiger partial charge in [-0.3, -0.25) is 4.79 Å². The summed E-state index contributed by atoms with van der Waals surface area (Å²) < 4.78 is 47.7. The van der Waals surface area contributed by atoms with Gasteiger partial charge in [0.25, 0.3) is 0 Å². The number of sulfonamides is 1. The van der Waals surface area contributed by atoms with Gasteiger partial charge >= 0.3 is 5.97 Å². The summed E-state index contributed by atoms with van der Waals surface area (Å²) in [5, 5.41) is 8.87. The van der Waals surface area contributed by atoms with Gasteiger partial charge in [0.2, 0.25) is 10.0 Å². The largest absolute Gasteiger partial charge is 0.480 e. The molecule has 1 rings (SSSR count). The van der Waals surface area contributed by atoms with E-state index >= 15 is 0 Å². The lowest BCUT2D eigenvalue weighted by Crippen LogP contribution is -2.45. The molecule has 0 heterocycles. The van der Waals surface area contributed by atoms with Crippen LogP contribution in [0.1, 0.15) is 5.56 Å². The normalized spacial score (nSPS) is 13.8. The Morgan fingerprint density at radius 3 is 2.20 bits per heavy atom. The van der Waals surface area contributed by atoms with Gasteiger partial charge in [0.1, 0.15) is 15.9 Å². The van der Waals surface area contributed by atoms with Crippen molar-refractivity contribution < 1.29 is 26.7 Å². The highest BCUT2D eigenvalue weighted by molar-refractivity contribution is 7.91. The maximum Gasteiger partial charge on any atom is 0.322 e. The second kappa shape index (κ2) is 6.33. The van der Waals surface area contributed by atoms with Gasteiger partial charge in [0, 0.05) is 6.26 Å². The van der Waals surface area contributed by atoms with E-state index in [0.29, 0.717) is 5.56 Å². The number of rotatable bonds is 7. The highest BCUT2D eigenvalue weighted by Crippen LogP contribution is 2.05. The van der Waals surface area contributed by atoms with Crippen LogP contribution in [0.5, 0.6) is 0 Å². The highest BCUT2D eigenvalue weighted by Gasteiger charge is 2.27. The van der Waals surface area contributed by atoms with E-state index in [1.807, 2.05) is 4.72 Å². The number of carboxylic acid groups (broad SMARTS) is 1. The highest BCUT2D eigenvalue weighted by atomic mass is 32.2. The molecule has 112 valence electrons. The van der Waals surface area contributed by atoms with Gasteiger partial charge in [-0.15, -0.1) is 0 Å². The van der Waals surface area contributed by atoms with Gasteiger partial charge < -0.3 is 5.11 Å². The molecule has 20 heavy (non-hydrogen) atoms. The first-order valence-corrected chi connectivity index (χ1v) is 9.25. The quantitative estimate of drug-likeness (QED) is 0.706. The lowest BCUT2D eigenvalue weighted by atomic mass is 10.2.